The summed E-state index contributed by atoms with van der Waals surface area (Å²) in [5, 5.41) is 1.39. The molecule has 2 heteroatoms. The largest absolute Gasteiger partial charge is 0.364 e. The molecule has 158 valence electrons. The molecule has 30 heavy (non-hydrogen) atoms. The molecule has 0 aliphatic heterocycles. The molecule has 1 aromatic heterocycles. The molecule has 3 aromatic rings. The van der Waals surface area contributed by atoms with Gasteiger partial charge in [-0.05, 0) is 67.9 Å². The van der Waals surface area contributed by atoms with E-state index in [1.165, 1.54) is 104 Å². The van der Waals surface area contributed by atoms with Crippen LogP contribution in [0.3, 0.4) is 0 Å². The fourth-order valence-corrected chi connectivity index (χ4v) is 5.84. The van der Waals surface area contributed by atoms with Crippen LogP contribution >= 0.6 is 0 Å². The molecule has 2 aromatic carbocycles. The number of nitrogens with one attached hydrogen (secondary N) is 1. The number of aryl methyl sites for hydroxylation is 1. The number of benzene rings is 2. The molecule has 0 spiro atoms. The molecule has 1 heterocycles. The van der Waals surface area contributed by atoms with Gasteiger partial charge in [0.15, 0.2) is 0 Å². The summed E-state index contributed by atoms with van der Waals surface area (Å²) in [6.07, 6.45) is 14.8. The van der Waals surface area contributed by atoms with Crippen LogP contribution in [-0.2, 0) is 6.42 Å². The van der Waals surface area contributed by atoms with Crippen molar-refractivity contribution in [2.75, 3.05) is 4.90 Å². The Morgan fingerprint density at radius 3 is 2.17 bits per heavy atom. The van der Waals surface area contributed by atoms with Gasteiger partial charge in [0, 0.05) is 23.2 Å². The molecule has 2 nitrogen and oxygen atoms in total. The summed E-state index contributed by atoms with van der Waals surface area (Å²) in [4.78, 5) is 6.73. The highest BCUT2D eigenvalue weighted by Crippen LogP contribution is 2.40. The van der Waals surface area contributed by atoms with E-state index in [0.29, 0.717) is 0 Å². The molecule has 0 saturated heterocycles. The highest BCUT2D eigenvalue weighted by molar-refractivity contribution is 5.96. The average molecular weight is 401 g/mol. The lowest BCUT2D eigenvalue weighted by atomic mass is 10.0. The molecule has 2 aliphatic carbocycles. The van der Waals surface area contributed by atoms with Crippen LogP contribution in [-0.4, -0.2) is 17.1 Å². The zero-order valence-corrected chi connectivity index (χ0v) is 18.5. The fraction of sp³-hybridized carbons (Fsp3) is 0.500. The zero-order valence-electron chi connectivity index (χ0n) is 18.5. The molecule has 0 unspecified atom stereocenters. The van der Waals surface area contributed by atoms with Crippen LogP contribution in [0.5, 0.6) is 0 Å². The number of aromatic amines is 1. The van der Waals surface area contributed by atoms with Crippen molar-refractivity contribution in [3.05, 3.63) is 54.1 Å². The molecular weight excluding hydrogens is 364 g/mol. The van der Waals surface area contributed by atoms with Gasteiger partial charge in [0.05, 0.1) is 11.2 Å². The van der Waals surface area contributed by atoms with E-state index in [1.54, 1.807) is 0 Å². The zero-order chi connectivity index (χ0) is 20.3. The Bertz CT molecular complexity index is 943. The van der Waals surface area contributed by atoms with Gasteiger partial charge in [-0.1, -0.05) is 69.4 Å². The Balaban J connectivity index is 1.64. The van der Waals surface area contributed by atoms with Gasteiger partial charge in [0.1, 0.15) is 0 Å². The second-order valence-electron chi connectivity index (χ2n) is 9.52. The summed E-state index contributed by atoms with van der Waals surface area (Å²) in [5.41, 5.74) is 6.88. The Kier molecular flexibility index (Phi) is 5.84. The minimum absolute atomic E-state index is 0.723. The van der Waals surface area contributed by atoms with Gasteiger partial charge in [0.2, 0.25) is 0 Å². The first kappa shape index (κ1) is 19.7. The first-order chi connectivity index (χ1) is 14.8. The summed E-state index contributed by atoms with van der Waals surface area (Å²) < 4.78 is 0. The molecule has 2 saturated carbocycles. The number of anilines is 1. The number of hydrogen-bond donors (Lipinski definition) is 1. The lowest BCUT2D eigenvalue weighted by Gasteiger charge is -2.37. The Hall–Kier alpha value is -2.22. The number of aromatic nitrogens is 1. The van der Waals surface area contributed by atoms with E-state index >= 15 is 0 Å². The van der Waals surface area contributed by atoms with E-state index in [4.69, 9.17) is 0 Å². The van der Waals surface area contributed by atoms with Gasteiger partial charge in [-0.25, -0.2) is 0 Å². The summed E-state index contributed by atoms with van der Waals surface area (Å²) in [7, 11) is 0. The number of rotatable bonds is 7. The molecule has 2 aliphatic rings. The second kappa shape index (κ2) is 8.88. The standard InChI is InChI=1S/C28H36N2/c1-2-3-11-21-18-23-20-26(22-12-5-4-6-13-22)29-28(23)27(19-21)30(24-14-7-8-15-24)25-16-9-10-17-25/h4-6,12-13,18-20,24-25,29H,2-3,7-11,14-17H2,1H3. The maximum atomic E-state index is 3.85. The number of H-pyrrole nitrogens is 1. The highest BCUT2D eigenvalue weighted by atomic mass is 15.2. The summed E-state index contributed by atoms with van der Waals surface area (Å²) in [6, 6.07) is 19.6. The Labute approximate surface area is 181 Å². The molecular formula is C28H36N2. The van der Waals surface area contributed by atoms with Gasteiger partial charge < -0.3 is 9.88 Å². The van der Waals surface area contributed by atoms with Crippen molar-refractivity contribution in [3.63, 3.8) is 0 Å². The maximum absolute atomic E-state index is 3.85. The van der Waals surface area contributed by atoms with E-state index in [0.717, 1.165) is 12.1 Å². The smallest absolute Gasteiger partial charge is 0.0696 e. The Morgan fingerprint density at radius 1 is 0.867 bits per heavy atom. The van der Waals surface area contributed by atoms with Gasteiger partial charge in [-0.2, -0.15) is 0 Å². The van der Waals surface area contributed by atoms with Crippen molar-refractivity contribution < 1.29 is 0 Å². The topological polar surface area (TPSA) is 19.0 Å². The molecule has 0 bridgehead atoms. The number of nitrogens with zero attached hydrogens (tertiary/aromatic N) is 1. The van der Waals surface area contributed by atoms with E-state index in [-0.39, 0.29) is 0 Å². The first-order valence-corrected chi connectivity index (χ1v) is 12.3. The van der Waals surface area contributed by atoms with Crippen LogP contribution in [0.15, 0.2) is 48.5 Å². The average Bonchev–Trinajstić information content (AvgIpc) is 3.55. The second-order valence-corrected chi connectivity index (χ2v) is 9.52. The van der Waals surface area contributed by atoms with Gasteiger partial charge >= 0.3 is 0 Å². The van der Waals surface area contributed by atoms with Crippen LogP contribution in [0.25, 0.3) is 22.2 Å². The fourth-order valence-electron chi connectivity index (χ4n) is 5.84. The van der Waals surface area contributed by atoms with Crippen LogP contribution in [0, 0.1) is 0 Å². The van der Waals surface area contributed by atoms with Crippen molar-refractivity contribution in [2.45, 2.75) is 89.6 Å². The molecule has 2 fully saturated rings. The maximum Gasteiger partial charge on any atom is 0.0696 e. The quantitative estimate of drug-likeness (QED) is 0.427. The van der Waals surface area contributed by atoms with E-state index in [9.17, 15) is 0 Å². The normalized spacial score (nSPS) is 17.9. The van der Waals surface area contributed by atoms with Crippen LogP contribution < -0.4 is 4.90 Å². The van der Waals surface area contributed by atoms with E-state index < -0.39 is 0 Å². The van der Waals surface area contributed by atoms with Gasteiger partial charge in [-0.3, -0.25) is 0 Å². The van der Waals surface area contributed by atoms with E-state index in [1.807, 2.05) is 0 Å². The molecule has 0 atom stereocenters. The third-order valence-corrected chi connectivity index (χ3v) is 7.39. The summed E-state index contributed by atoms with van der Waals surface area (Å²) in [6.45, 7) is 2.30. The van der Waals surface area contributed by atoms with Crippen molar-refractivity contribution >= 4 is 16.6 Å². The highest BCUT2D eigenvalue weighted by Gasteiger charge is 2.32. The van der Waals surface area contributed by atoms with Crippen LogP contribution in [0.2, 0.25) is 0 Å². The lowest BCUT2D eigenvalue weighted by Crippen LogP contribution is -2.41. The minimum Gasteiger partial charge on any atom is -0.364 e. The number of unbranched alkanes of at least 4 members (excludes halogenated alkanes) is 1. The Morgan fingerprint density at radius 2 is 1.53 bits per heavy atom. The van der Waals surface area contributed by atoms with Crippen molar-refractivity contribution in [1.82, 2.24) is 4.98 Å². The van der Waals surface area contributed by atoms with Gasteiger partial charge in [-0.15, -0.1) is 0 Å². The van der Waals surface area contributed by atoms with Crippen molar-refractivity contribution in [2.24, 2.45) is 0 Å². The molecule has 1 N–H and O–H groups in total. The monoisotopic (exact) mass is 400 g/mol. The predicted molar refractivity (Wildman–Crippen MR) is 129 cm³/mol. The number of fused-ring (bicyclic) bond motifs is 1. The SMILES string of the molecule is CCCCc1cc(N(C2CCCC2)C2CCCC2)c2[nH]c(-c3ccccc3)cc2c1. The summed E-state index contributed by atoms with van der Waals surface area (Å²) >= 11 is 0. The third-order valence-electron chi connectivity index (χ3n) is 7.39. The predicted octanol–water partition coefficient (Wildman–Crippen LogP) is 7.87. The first-order valence-electron chi connectivity index (χ1n) is 12.3. The van der Waals surface area contributed by atoms with Crippen LogP contribution in [0.1, 0.15) is 76.7 Å². The van der Waals surface area contributed by atoms with Gasteiger partial charge in [0.25, 0.3) is 0 Å². The van der Waals surface area contributed by atoms with Crippen LogP contribution in [0.4, 0.5) is 5.69 Å². The van der Waals surface area contributed by atoms with E-state index in [2.05, 4.69) is 65.3 Å². The molecule has 0 radical (unpaired) electrons. The van der Waals surface area contributed by atoms with Crippen molar-refractivity contribution in [3.8, 4) is 11.3 Å². The third kappa shape index (κ3) is 3.89. The summed E-state index contributed by atoms with van der Waals surface area (Å²) in [5.74, 6) is 0. The molecule has 5 rings (SSSR count). The number of hydrogen-bond acceptors (Lipinski definition) is 1. The lowest BCUT2D eigenvalue weighted by molar-refractivity contribution is 0.514. The molecule has 0 amide bonds. The minimum atomic E-state index is 0.723. The van der Waals surface area contributed by atoms with Crippen molar-refractivity contribution in [1.29, 1.82) is 0 Å².